The van der Waals surface area contributed by atoms with Crippen LogP contribution in [0.4, 0.5) is 0 Å². The summed E-state index contributed by atoms with van der Waals surface area (Å²) in [4.78, 5) is 11.0. The van der Waals surface area contributed by atoms with Crippen molar-refractivity contribution in [2.75, 3.05) is 0 Å². The van der Waals surface area contributed by atoms with Gasteiger partial charge in [-0.25, -0.2) is 0 Å². The van der Waals surface area contributed by atoms with E-state index in [9.17, 15) is 4.79 Å². The molecule has 0 amide bonds. The van der Waals surface area contributed by atoms with E-state index >= 15 is 0 Å². The van der Waals surface area contributed by atoms with Gasteiger partial charge in [0.05, 0.1) is 0 Å². The first kappa shape index (κ1) is 14.7. The first-order valence-electron chi connectivity index (χ1n) is 7.07. The van der Waals surface area contributed by atoms with Crippen molar-refractivity contribution in [2.45, 2.75) is 51.9 Å². The predicted octanol–water partition coefficient (Wildman–Crippen LogP) is 5.02. The van der Waals surface area contributed by atoms with Crippen molar-refractivity contribution in [2.24, 2.45) is 0 Å². The summed E-state index contributed by atoms with van der Waals surface area (Å²) < 4.78 is 0. The Bertz CT molecular complexity index is 351. The van der Waals surface area contributed by atoms with Crippen LogP contribution in [0.3, 0.4) is 0 Å². The van der Waals surface area contributed by atoms with Gasteiger partial charge in [0.2, 0.25) is 0 Å². The monoisotopic (exact) mass is 244 g/mol. The Morgan fingerprint density at radius 3 is 2.33 bits per heavy atom. The zero-order chi connectivity index (χ0) is 13.1. The first-order valence-corrected chi connectivity index (χ1v) is 7.07. The van der Waals surface area contributed by atoms with E-state index in [-0.39, 0.29) is 0 Å². The lowest BCUT2D eigenvalue weighted by Crippen LogP contribution is -1.87. The Morgan fingerprint density at radius 1 is 1.00 bits per heavy atom. The van der Waals surface area contributed by atoms with E-state index in [1.165, 1.54) is 32.1 Å². The van der Waals surface area contributed by atoms with E-state index in [0.717, 1.165) is 30.3 Å². The molecule has 0 N–H and O–H groups in total. The van der Waals surface area contributed by atoms with Gasteiger partial charge in [-0.2, -0.15) is 0 Å². The summed E-state index contributed by atoms with van der Waals surface area (Å²) in [6, 6.07) is 10.1. The van der Waals surface area contributed by atoms with Gasteiger partial charge < -0.3 is 0 Å². The van der Waals surface area contributed by atoms with Crippen LogP contribution in [0.25, 0.3) is 6.08 Å². The SMILES string of the molecule is CCCCCCCCC(C=O)=Cc1ccccc1. The van der Waals surface area contributed by atoms with E-state index in [1.807, 2.05) is 36.4 Å². The van der Waals surface area contributed by atoms with Crippen LogP contribution in [-0.4, -0.2) is 6.29 Å². The van der Waals surface area contributed by atoms with E-state index in [0.29, 0.717) is 0 Å². The van der Waals surface area contributed by atoms with Crippen molar-refractivity contribution in [1.29, 1.82) is 0 Å². The van der Waals surface area contributed by atoms with Gasteiger partial charge in [0.25, 0.3) is 0 Å². The molecule has 0 bridgehead atoms. The molecule has 98 valence electrons. The molecule has 0 aliphatic heterocycles. The number of carbonyl (C=O) groups is 1. The van der Waals surface area contributed by atoms with Gasteiger partial charge in [-0.3, -0.25) is 4.79 Å². The molecule has 0 heterocycles. The number of allylic oxidation sites excluding steroid dienone is 1. The predicted molar refractivity (Wildman–Crippen MR) is 78.5 cm³/mol. The van der Waals surface area contributed by atoms with Gasteiger partial charge >= 0.3 is 0 Å². The van der Waals surface area contributed by atoms with Crippen LogP contribution in [0, 0.1) is 0 Å². The Kier molecular flexibility index (Phi) is 7.87. The first-order chi connectivity index (χ1) is 8.86. The summed E-state index contributed by atoms with van der Waals surface area (Å²) in [5, 5.41) is 0. The molecular formula is C17H24O. The fourth-order valence-electron chi connectivity index (χ4n) is 2.04. The van der Waals surface area contributed by atoms with Crippen LogP contribution < -0.4 is 0 Å². The minimum Gasteiger partial charge on any atom is -0.298 e. The summed E-state index contributed by atoms with van der Waals surface area (Å²) in [6.45, 7) is 2.23. The molecular weight excluding hydrogens is 220 g/mol. The van der Waals surface area contributed by atoms with Gasteiger partial charge in [-0.1, -0.05) is 69.4 Å². The quantitative estimate of drug-likeness (QED) is 0.338. The molecule has 0 unspecified atom stereocenters. The number of carbonyl (C=O) groups excluding carboxylic acids is 1. The van der Waals surface area contributed by atoms with Crippen molar-refractivity contribution >= 4 is 12.4 Å². The van der Waals surface area contributed by atoms with Gasteiger partial charge in [-0.15, -0.1) is 0 Å². The number of hydrogen-bond acceptors (Lipinski definition) is 1. The molecule has 0 aliphatic rings. The third-order valence-electron chi connectivity index (χ3n) is 3.12. The van der Waals surface area contributed by atoms with Crippen molar-refractivity contribution in [3.63, 3.8) is 0 Å². The second kappa shape index (κ2) is 9.64. The molecule has 0 saturated heterocycles. The lowest BCUT2D eigenvalue weighted by molar-refractivity contribution is -0.105. The van der Waals surface area contributed by atoms with E-state index in [2.05, 4.69) is 6.92 Å². The van der Waals surface area contributed by atoms with Crippen molar-refractivity contribution in [3.8, 4) is 0 Å². The summed E-state index contributed by atoms with van der Waals surface area (Å²) in [5.41, 5.74) is 2.03. The summed E-state index contributed by atoms with van der Waals surface area (Å²) in [7, 11) is 0. The number of benzene rings is 1. The second-order valence-electron chi connectivity index (χ2n) is 4.77. The molecule has 0 radical (unpaired) electrons. The molecule has 1 rings (SSSR count). The van der Waals surface area contributed by atoms with Crippen LogP contribution in [0.15, 0.2) is 35.9 Å². The largest absolute Gasteiger partial charge is 0.298 e. The molecule has 1 heteroatoms. The molecule has 0 atom stereocenters. The Hall–Kier alpha value is -1.37. The molecule has 1 aromatic rings. The zero-order valence-electron chi connectivity index (χ0n) is 11.4. The second-order valence-corrected chi connectivity index (χ2v) is 4.77. The highest BCUT2D eigenvalue weighted by molar-refractivity contribution is 5.81. The highest BCUT2D eigenvalue weighted by Crippen LogP contribution is 2.13. The van der Waals surface area contributed by atoms with Gasteiger partial charge in [0.1, 0.15) is 6.29 Å². The molecule has 0 spiro atoms. The van der Waals surface area contributed by atoms with E-state index in [4.69, 9.17) is 0 Å². The smallest absolute Gasteiger partial charge is 0.146 e. The number of hydrogen-bond donors (Lipinski definition) is 0. The fraction of sp³-hybridized carbons (Fsp3) is 0.471. The van der Waals surface area contributed by atoms with Gasteiger partial charge in [0, 0.05) is 0 Å². The van der Waals surface area contributed by atoms with Crippen molar-refractivity contribution in [1.82, 2.24) is 0 Å². The van der Waals surface area contributed by atoms with E-state index < -0.39 is 0 Å². The third kappa shape index (κ3) is 6.39. The van der Waals surface area contributed by atoms with Crippen LogP contribution in [-0.2, 0) is 4.79 Å². The average Bonchev–Trinajstić information content (AvgIpc) is 2.42. The number of rotatable bonds is 9. The molecule has 0 aromatic heterocycles. The number of unbranched alkanes of at least 4 members (excludes halogenated alkanes) is 5. The average molecular weight is 244 g/mol. The van der Waals surface area contributed by atoms with Crippen LogP contribution in [0.1, 0.15) is 57.4 Å². The summed E-state index contributed by atoms with van der Waals surface area (Å²) >= 11 is 0. The summed E-state index contributed by atoms with van der Waals surface area (Å²) in [5.74, 6) is 0. The van der Waals surface area contributed by atoms with Crippen LogP contribution in [0.5, 0.6) is 0 Å². The maximum absolute atomic E-state index is 11.0. The highest BCUT2D eigenvalue weighted by Gasteiger charge is 1.97. The minimum atomic E-state index is 0.907. The standard InChI is InChI=1S/C17H24O/c1-2-3-4-5-6-8-13-17(15-18)14-16-11-9-7-10-12-16/h7,9-12,14-15H,2-6,8,13H2,1H3. The third-order valence-corrected chi connectivity index (χ3v) is 3.12. The zero-order valence-corrected chi connectivity index (χ0v) is 11.4. The van der Waals surface area contributed by atoms with Crippen molar-refractivity contribution in [3.05, 3.63) is 41.5 Å². The maximum Gasteiger partial charge on any atom is 0.146 e. The highest BCUT2D eigenvalue weighted by atomic mass is 16.1. The lowest BCUT2D eigenvalue weighted by atomic mass is 10.0. The van der Waals surface area contributed by atoms with E-state index in [1.54, 1.807) is 0 Å². The molecule has 1 nitrogen and oxygen atoms in total. The topological polar surface area (TPSA) is 17.1 Å². The van der Waals surface area contributed by atoms with Gasteiger partial charge in [0.15, 0.2) is 0 Å². The van der Waals surface area contributed by atoms with Gasteiger partial charge in [-0.05, 0) is 30.1 Å². The lowest BCUT2D eigenvalue weighted by Gasteiger charge is -2.01. The Balaban J connectivity index is 2.30. The fourth-order valence-corrected chi connectivity index (χ4v) is 2.04. The Morgan fingerprint density at radius 2 is 1.67 bits per heavy atom. The minimum absolute atomic E-state index is 0.907. The Labute approximate surface area is 111 Å². The van der Waals surface area contributed by atoms with Crippen molar-refractivity contribution < 1.29 is 4.79 Å². The normalized spacial score (nSPS) is 11.5. The molecule has 18 heavy (non-hydrogen) atoms. The molecule has 1 aromatic carbocycles. The maximum atomic E-state index is 11.0. The molecule has 0 saturated carbocycles. The molecule has 0 aliphatic carbocycles. The molecule has 0 fully saturated rings. The number of aldehydes is 1. The summed E-state index contributed by atoms with van der Waals surface area (Å²) in [6.07, 6.45) is 11.5. The van der Waals surface area contributed by atoms with Crippen LogP contribution >= 0.6 is 0 Å². The van der Waals surface area contributed by atoms with Crippen LogP contribution in [0.2, 0.25) is 0 Å².